The van der Waals surface area contributed by atoms with Crippen LogP contribution in [0.2, 0.25) is 0 Å². The monoisotopic (exact) mass is 383 g/mol. The molecule has 2 aromatic carbocycles. The van der Waals surface area contributed by atoms with Crippen LogP contribution in [0.3, 0.4) is 0 Å². The van der Waals surface area contributed by atoms with E-state index in [4.69, 9.17) is 4.74 Å². The summed E-state index contributed by atoms with van der Waals surface area (Å²) in [5.41, 5.74) is 1.90. The number of anilines is 1. The zero-order chi connectivity index (χ0) is 19.2. The van der Waals surface area contributed by atoms with Crippen molar-refractivity contribution in [2.24, 2.45) is 4.99 Å². The molecule has 1 N–H and O–H groups in total. The number of aliphatic imine (C=N–C) groups is 1. The Morgan fingerprint density at radius 2 is 1.89 bits per heavy atom. The van der Waals surface area contributed by atoms with Crippen molar-refractivity contribution in [1.29, 1.82) is 0 Å². The fourth-order valence-corrected chi connectivity index (χ4v) is 3.66. The van der Waals surface area contributed by atoms with Crippen LogP contribution in [-0.2, 0) is 16.1 Å². The molecular weight excluding hydrogens is 362 g/mol. The minimum Gasteiger partial charge on any atom is -0.497 e. The quantitative estimate of drug-likeness (QED) is 0.488. The van der Waals surface area contributed by atoms with Gasteiger partial charge in [-0.25, -0.2) is 0 Å². The molecule has 0 radical (unpaired) electrons. The summed E-state index contributed by atoms with van der Waals surface area (Å²) in [4.78, 5) is 29.9. The van der Waals surface area contributed by atoms with Gasteiger partial charge in [-0.1, -0.05) is 42.1 Å². The maximum atomic E-state index is 12.2. The molecule has 1 aliphatic rings. The van der Waals surface area contributed by atoms with E-state index in [1.807, 2.05) is 54.6 Å². The van der Waals surface area contributed by atoms with Crippen molar-refractivity contribution in [3.8, 4) is 5.75 Å². The molecule has 140 valence electrons. The molecule has 7 heteroatoms. The summed E-state index contributed by atoms with van der Waals surface area (Å²) in [5, 5.41) is 3.41. The molecule has 0 unspecified atom stereocenters. The molecule has 1 heterocycles. The molecule has 0 saturated carbocycles. The van der Waals surface area contributed by atoms with Crippen LogP contribution < -0.4 is 10.1 Å². The first kappa shape index (κ1) is 19.0. The Bertz CT molecular complexity index is 837. The topological polar surface area (TPSA) is 71.0 Å². The number of thioether (sulfide) groups is 1. The number of amidine groups is 1. The Labute approximate surface area is 162 Å². The number of hydrogen-bond donors (Lipinski definition) is 1. The molecule has 0 bridgehead atoms. The lowest BCUT2D eigenvalue weighted by Gasteiger charge is -2.13. The zero-order valence-corrected chi connectivity index (χ0v) is 16.0. The second kappa shape index (κ2) is 8.73. The Morgan fingerprint density at radius 3 is 2.48 bits per heavy atom. The van der Waals surface area contributed by atoms with Crippen LogP contribution in [0.25, 0.3) is 0 Å². The second-order valence-electron chi connectivity index (χ2n) is 6.06. The summed E-state index contributed by atoms with van der Waals surface area (Å²) in [7, 11) is 3.15. The first-order chi connectivity index (χ1) is 13.1. The van der Waals surface area contributed by atoms with Gasteiger partial charge in [-0.15, -0.1) is 0 Å². The van der Waals surface area contributed by atoms with E-state index in [0.29, 0.717) is 11.7 Å². The van der Waals surface area contributed by atoms with Gasteiger partial charge in [0.2, 0.25) is 11.8 Å². The van der Waals surface area contributed by atoms with Crippen LogP contribution in [0.5, 0.6) is 5.75 Å². The van der Waals surface area contributed by atoms with E-state index in [9.17, 15) is 9.59 Å². The summed E-state index contributed by atoms with van der Waals surface area (Å²) < 4.78 is 5.17. The number of rotatable bonds is 5. The van der Waals surface area contributed by atoms with Crippen LogP contribution in [0.4, 0.5) is 5.69 Å². The summed E-state index contributed by atoms with van der Waals surface area (Å²) in [6.07, 6.45) is 0.192. The standard InChI is InChI=1S/C20H21N3O3S/c1-23-18(24)12-17(19(23)25)27-20(22-15-6-4-3-5-7-15)21-13-14-8-10-16(26-2)11-9-14/h3-11,17H,12-13H2,1-2H3,(H,21,22)/t17-/m0/s1. The third-order valence-corrected chi connectivity index (χ3v) is 5.29. The van der Waals surface area contributed by atoms with E-state index in [1.165, 1.54) is 23.7 Å². The van der Waals surface area contributed by atoms with Crippen LogP contribution in [0.15, 0.2) is 59.6 Å². The highest BCUT2D eigenvalue weighted by Gasteiger charge is 2.37. The molecule has 0 aromatic heterocycles. The molecule has 1 atom stereocenters. The summed E-state index contributed by atoms with van der Waals surface area (Å²) in [6.45, 7) is 0.455. The normalized spacial score (nSPS) is 17.3. The molecule has 6 nitrogen and oxygen atoms in total. The number of ether oxygens (including phenoxy) is 1. The second-order valence-corrected chi connectivity index (χ2v) is 7.25. The highest BCUT2D eigenvalue weighted by Crippen LogP contribution is 2.26. The Morgan fingerprint density at radius 1 is 1.19 bits per heavy atom. The molecule has 1 fully saturated rings. The summed E-state index contributed by atoms with van der Waals surface area (Å²) in [5.74, 6) is 0.446. The van der Waals surface area contributed by atoms with E-state index in [0.717, 1.165) is 17.0 Å². The number of hydrogen-bond acceptors (Lipinski definition) is 5. The number of benzene rings is 2. The Kier molecular flexibility index (Phi) is 6.13. The van der Waals surface area contributed by atoms with Gasteiger partial charge in [0, 0.05) is 19.2 Å². The van der Waals surface area contributed by atoms with Crippen LogP contribution in [0.1, 0.15) is 12.0 Å². The number of carbonyl (C=O) groups is 2. The van der Waals surface area contributed by atoms with Crippen LogP contribution >= 0.6 is 11.8 Å². The van der Waals surface area contributed by atoms with E-state index in [2.05, 4.69) is 10.3 Å². The fourth-order valence-electron chi connectivity index (χ4n) is 2.59. The molecule has 27 heavy (non-hydrogen) atoms. The van der Waals surface area contributed by atoms with Crippen molar-refractivity contribution in [3.05, 3.63) is 60.2 Å². The number of likely N-dealkylation sites (tertiary alicyclic amines) is 1. The number of imide groups is 1. The molecule has 2 aromatic rings. The highest BCUT2D eigenvalue weighted by molar-refractivity contribution is 8.15. The van der Waals surface area contributed by atoms with Crippen molar-refractivity contribution >= 4 is 34.4 Å². The smallest absolute Gasteiger partial charge is 0.243 e. The lowest BCUT2D eigenvalue weighted by Crippen LogP contribution is -2.27. The van der Waals surface area contributed by atoms with Gasteiger partial charge < -0.3 is 10.1 Å². The predicted octanol–water partition coefficient (Wildman–Crippen LogP) is 3.15. The van der Waals surface area contributed by atoms with Crippen molar-refractivity contribution < 1.29 is 14.3 Å². The lowest BCUT2D eigenvalue weighted by molar-refractivity contribution is -0.136. The number of para-hydroxylation sites is 1. The molecule has 3 rings (SSSR count). The lowest BCUT2D eigenvalue weighted by atomic mass is 10.2. The third kappa shape index (κ3) is 4.89. The van der Waals surface area contributed by atoms with Gasteiger partial charge in [0.1, 0.15) is 11.0 Å². The van der Waals surface area contributed by atoms with Gasteiger partial charge in [-0.3, -0.25) is 19.5 Å². The van der Waals surface area contributed by atoms with Gasteiger partial charge in [0.15, 0.2) is 5.17 Å². The maximum Gasteiger partial charge on any atom is 0.243 e. The third-order valence-electron chi connectivity index (χ3n) is 4.18. The molecule has 0 aliphatic carbocycles. The number of nitrogens with zero attached hydrogens (tertiary/aromatic N) is 2. The van der Waals surface area contributed by atoms with Gasteiger partial charge in [0.05, 0.1) is 13.7 Å². The van der Waals surface area contributed by atoms with E-state index >= 15 is 0 Å². The van der Waals surface area contributed by atoms with Crippen LogP contribution in [-0.4, -0.2) is 41.3 Å². The molecule has 1 aliphatic heterocycles. The predicted molar refractivity (Wildman–Crippen MR) is 108 cm³/mol. The first-order valence-electron chi connectivity index (χ1n) is 8.53. The minimum absolute atomic E-state index is 0.160. The van der Waals surface area contributed by atoms with Crippen molar-refractivity contribution in [2.45, 2.75) is 18.2 Å². The Hall–Kier alpha value is -2.80. The zero-order valence-electron chi connectivity index (χ0n) is 15.2. The SMILES string of the molecule is COc1ccc(CN=C(Nc2ccccc2)S[C@H]2CC(=O)N(C)C2=O)cc1. The van der Waals surface area contributed by atoms with Gasteiger partial charge in [0.25, 0.3) is 0 Å². The average Bonchev–Trinajstić information content (AvgIpc) is 2.94. The summed E-state index contributed by atoms with van der Waals surface area (Å²) in [6, 6.07) is 17.3. The fraction of sp³-hybridized carbons (Fsp3) is 0.250. The highest BCUT2D eigenvalue weighted by atomic mass is 32.2. The number of amides is 2. The van der Waals surface area contributed by atoms with Gasteiger partial charge >= 0.3 is 0 Å². The molecular formula is C20H21N3O3S. The van der Waals surface area contributed by atoms with Gasteiger partial charge in [-0.05, 0) is 29.8 Å². The first-order valence-corrected chi connectivity index (χ1v) is 9.41. The van der Waals surface area contributed by atoms with Crippen molar-refractivity contribution in [1.82, 2.24) is 4.90 Å². The minimum atomic E-state index is -0.451. The largest absolute Gasteiger partial charge is 0.497 e. The van der Waals surface area contributed by atoms with Gasteiger partial charge in [-0.2, -0.15) is 0 Å². The summed E-state index contributed by atoms with van der Waals surface area (Å²) >= 11 is 1.29. The van der Waals surface area contributed by atoms with Crippen molar-refractivity contribution in [2.75, 3.05) is 19.5 Å². The molecule has 2 amide bonds. The number of nitrogens with one attached hydrogen (secondary N) is 1. The molecule has 1 saturated heterocycles. The average molecular weight is 383 g/mol. The van der Waals surface area contributed by atoms with E-state index < -0.39 is 5.25 Å². The van der Waals surface area contributed by atoms with E-state index in [1.54, 1.807) is 7.11 Å². The van der Waals surface area contributed by atoms with E-state index in [-0.39, 0.29) is 18.2 Å². The number of carbonyl (C=O) groups excluding carboxylic acids is 2. The van der Waals surface area contributed by atoms with Crippen LogP contribution in [0, 0.1) is 0 Å². The Balaban J connectivity index is 1.76. The number of methoxy groups -OCH3 is 1. The molecule has 0 spiro atoms. The van der Waals surface area contributed by atoms with Crippen molar-refractivity contribution in [3.63, 3.8) is 0 Å². The maximum absolute atomic E-state index is 12.2.